The Kier molecular flexibility index (Phi) is 7.72. The molecule has 5 atom stereocenters. The van der Waals surface area contributed by atoms with Crippen molar-refractivity contribution in [3.63, 3.8) is 0 Å². The molecule has 0 radical (unpaired) electrons. The molecule has 2 fully saturated rings. The zero-order valence-corrected chi connectivity index (χ0v) is 22.3. The van der Waals surface area contributed by atoms with Gasteiger partial charge in [0.05, 0.1) is 38.2 Å². The summed E-state index contributed by atoms with van der Waals surface area (Å²) in [6.07, 6.45) is 4.22. The van der Waals surface area contributed by atoms with Gasteiger partial charge in [-0.1, -0.05) is 13.3 Å². The number of ether oxygens (including phenoxy) is 3. The minimum atomic E-state index is -0.693. The van der Waals surface area contributed by atoms with Crippen molar-refractivity contribution in [2.45, 2.75) is 43.9 Å². The summed E-state index contributed by atoms with van der Waals surface area (Å²) in [5, 5.41) is 13.2. The molecule has 2 saturated heterocycles. The van der Waals surface area contributed by atoms with E-state index in [4.69, 9.17) is 17.3 Å². The van der Waals surface area contributed by atoms with Gasteiger partial charge in [-0.2, -0.15) is 5.26 Å². The maximum atomic E-state index is 13.0. The lowest BCUT2D eigenvalue weighted by Gasteiger charge is -2.55. The van der Waals surface area contributed by atoms with E-state index in [0.29, 0.717) is 22.8 Å². The van der Waals surface area contributed by atoms with Crippen LogP contribution < -0.4 is 10.1 Å². The van der Waals surface area contributed by atoms with E-state index in [0.717, 1.165) is 43.6 Å². The maximum Gasteiger partial charge on any atom is 0.187 e. The average Bonchev–Trinajstić information content (AvgIpc) is 3.20. The fourth-order valence-electron chi connectivity index (χ4n) is 6.26. The summed E-state index contributed by atoms with van der Waals surface area (Å²) >= 11 is 2.00. The number of fused-ring (bicyclic) bond motifs is 5. The van der Waals surface area contributed by atoms with Crippen LogP contribution >= 0.6 is 23.0 Å². The second-order valence-corrected chi connectivity index (χ2v) is 9.71. The molecule has 0 spiro atoms. The van der Waals surface area contributed by atoms with Gasteiger partial charge >= 0.3 is 0 Å². The molecule has 3 aliphatic rings. The Balaban J connectivity index is 1.75. The molecule has 1 unspecified atom stereocenters. The first-order valence-electron chi connectivity index (χ1n) is 11.7. The molecule has 8 nitrogen and oxygen atoms in total. The second kappa shape index (κ2) is 10.4. The topological polar surface area (TPSA) is 93.1 Å². The van der Waals surface area contributed by atoms with Gasteiger partial charge in [0, 0.05) is 36.4 Å². The molecular weight excluding hydrogens is 549 g/mol. The van der Waals surface area contributed by atoms with Crippen LogP contribution in [-0.4, -0.2) is 63.5 Å². The molecule has 1 aromatic carbocycles. The van der Waals surface area contributed by atoms with Gasteiger partial charge < -0.3 is 19.5 Å². The van der Waals surface area contributed by atoms with E-state index in [1.807, 2.05) is 29.1 Å². The van der Waals surface area contributed by atoms with Gasteiger partial charge in [-0.25, -0.2) is 0 Å². The monoisotopic (exact) mass is 581 g/mol. The Morgan fingerprint density at radius 3 is 2.79 bits per heavy atom. The number of halogens is 1. The van der Waals surface area contributed by atoms with Crippen molar-refractivity contribution in [1.29, 1.82) is 5.26 Å². The predicted octanol–water partition coefficient (Wildman–Crippen LogP) is 4.01. The van der Waals surface area contributed by atoms with Crippen LogP contribution in [0.1, 0.15) is 43.2 Å². The van der Waals surface area contributed by atoms with Gasteiger partial charge in [0.25, 0.3) is 0 Å². The molecule has 184 valence electrons. The zero-order chi connectivity index (χ0) is 24.5. The Morgan fingerprint density at radius 1 is 1.38 bits per heavy atom. The molecule has 0 amide bonds. The van der Waals surface area contributed by atoms with Crippen LogP contribution in [-0.2, 0) is 17.3 Å². The first-order chi connectivity index (χ1) is 16.5. The molecule has 0 bridgehead atoms. The molecule has 34 heavy (non-hydrogen) atoms. The quantitative estimate of drug-likeness (QED) is 0.280. The number of piperidine rings is 2. The van der Waals surface area contributed by atoms with Gasteiger partial charge in [-0.15, -0.1) is 0 Å². The lowest BCUT2D eigenvalue weighted by atomic mass is 9.68. The highest BCUT2D eigenvalue weighted by atomic mass is 127. The Labute approximate surface area is 215 Å². The smallest absolute Gasteiger partial charge is 0.187 e. The number of nitriles is 1. The van der Waals surface area contributed by atoms with E-state index in [9.17, 15) is 10.1 Å². The molecule has 3 heterocycles. The number of carbonyl (C=O) groups excluding carboxylic acids is 1. The summed E-state index contributed by atoms with van der Waals surface area (Å²) in [7, 11) is 4.76. The molecule has 1 N–H and O–H groups in total. The number of Topliss-reactive ketones (excluding diaryl/α,β-unsaturated/α-hetero) is 1. The number of rotatable bonds is 8. The number of ketones is 1. The summed E-state index contributed by atoms with van der Waals surface area (Å²) < 4.78 is 22.5. The lowest BCUT2D eigenvalue weighted by molar-refractivity contribution is -0.121. The van der Waals surface area contributed by atoms with Crippen LogP contribution in [0.4, 0.5) is 5.69 Å². The van der Waals surface area contributed by atoms with E-state index < -0.39 is 5.72 Å². The summed E-state index contributed by atoms with van der Waals surface area (Å²) in [5.74, 6) is 1.08. The largest absolute Gasteiger partial charge is 0.504 e. The average molecular weight is 581 g/mol. The van der Waals surface area contributed by atoms with Gasteiger partial charge in [-0.3, -0.25) is 12.8 Å². The van der Waals surface area contributed by atoms with E-state index in [1.165, 1.54) is 7.11 Å². The normalized spacial score (nSPS) is 30.4. The van der Waals surface area contributed by atoms with Crippen molar-refractivity contribution in [3.05, 3.63) is 35.1 Å². The fourth-order valence-corrected chi connectivity index (χ4v) is 6.97. The minimum absolute atomic E-state index is 0.0224. The van der Waals surface area contributed by atoms with E-state index in [-0.39, 0.29) is 30.3 Å². The van der Waals surface area contributed by atoms with Gasteiger partial charge in [-0.05, 0) is 43.4 Å². The summed E-state index contributed by atoms with van der Waals surface area (Å²) in [4.78, 5) is 15.5. The number of nitrogens with zero attached hydrogens (tertiary/aromatic N) is 2. The van der Waals surface area contributed by atoms with Crippen molar-refractivity contribution in [3.8, 4) is 11.8 Å². The van der Waals surface area contributed by atoms with Crippen molar-refractivity contribution in [2.75, 3.05) is 46.3 Å². The molecule has 3 aliphatic heterocycles. The van der Waals surface area contributed by atoms with Crippen molar-refractivity contribution < 1.29 is 22.1 Å². The maximum absolute atomic E-state index is 13.0. The SMILES string of the molecule is CC[C@@H]1CN2CCC3c4c(cc(C#N)cc4OC)N[C@]3(OI)[C@@H]2C[C@@H]1/C(=C\OC)C(=O)COC. The summed E-state index contributed by atoms with van der Waals surface area (Å²) in [5.41, 5.74) is 2.49. The lowest BCUT2D eigenvalue weighted by Crippen LogP contribution is -2.66. The molecular formula is C25H32IN3O5. The number of nitrogens with one attached hydrogen (secondary N) is 1. The molecule has 0 aliphatic carbocycles. The third-order valence-electron chi connectivity index (χ3n) is 7.74. The molecule has 9 heteroatoms. The van der Waals surface area contributed by atoms with Crippen LogP contribution in [0, 0.1) is 23.2 Å². The van der Waals surface area contributed by atoms with E-state index in [1.54, 1.807) is 26.5 Å². The number of anilines is 1. The number of methoxy groups -OCH3 is 3. The molecule has 0 aromatic heterocycles. The number of carbonyl (C=O) groups is 1. The number of hydrogen-bond acceptors (Lipinski definition) is 8. The van der Waals surface area contributed by atoms with Crippen LogP contribution in [0.5, 0.6) is 5.75 Å². The Hall–Kier alpha value is -1.87. The highest BCUT2D eigenvalue weighted by Crippen LogP contribution is 2.57. The summed E-state index contributed by atoms with van der Waals surface area (Å²) in [6, 6.07) is 5.93. The number of benzene rings is 1. The van der Waals surface area contributed by atoms with Gasteiger partial charge in [0.2, 0.25) is 0 Å². The van der Waals surface area contributed by atoms with Crippen LogP contribution in [0.2, 0.25) is 0 Å². The van der Waals surface area contributed by atoms with Crippen LogP contribution in [0.25, 0.3) is 0 Å². The molecule has 1 aromatic rings. The second-order valence-electron chi connectivity index (χ2n) is 9.27. The number of hydrogen-bond donors (Lipinski definition) is 1. The third kappa shape index (κ3) is 4.08. The molecule has 0 saturated carbocycles. The van der Waals surface area contributed by atoms with Crippen LogP contribution in [0.3, 0.4) is 0 Å². The first kappa shape index (κ1) is 25.2. The van der Waals surface area contributed by atoms with E-state index in [2.05, 4.69) is 23.2 Å². The first-order valence-corrected chi connectivity index (χ1v) is 12.5. The minimum Gasteiger partial charge on any atom is -0.504 e. The van der Waals surface area contributed by atoms with E-state index >= 15 is 0 Å². The zero-order valence-electron chi connectivity index (χ0n) is 20.1. The Morgan fingerprint density at radius 2 is 2.18 bits per heavy atom. The fraction of sp³-hybridized carbons (Fsp3) is 0.600. The highest BCUT2D eigenvalue weighted by Gasteiger charge is 2.60. The van der Waals surface area contributed by atoms with Crippen molar-refractivity contribution in [2.24, 2.45) is 11.8 Å². The molecule has 4 rings (SSSR count). The predicted molar refractivity (Wildman–Crippen MR) is 136 cm³/mol. The van der Waals surface area contributed by atoms with Crippen LogP contribution in [0.15, 0.2) is 24.0 Å². The summed E-state index contributed by atoms with van der Waals surface area (Å²) in [6.45, 7) is 4.02. The highest BCUT2D eigenvalue weighted by molar-refractivity contribution is 14.1. The standard InChI is InChI=1S/C25H32IN3O5/c1-5-16-12-29-7-6-19-24-20(8-15(11-27)9-22(24)33-4)28-25(19,34-26)23(29)10-17(16)18(13-31-2)21(30)14-32-3/h8-9,13,16-17,19,23,28H,5-7,10,12,14H2,1-4H3/b18-13+/t16-,17+,19?,23+,25-/m1/s1. The third-order valence-corrected chi connectivity index (χ3v) is 8.47. The Bertz CT molecular complexity index is 1010. The van der Waals surface area contributed by atoms with Crippen molar-refractivity contribution >= 4 is 34.5 Å². The van der Waals surface area contributed by atoms with Crippen molar-refractivity contribution in [1.82, 2.24) is 4.90 Å². The van der Waals surface area contributed by atoms with Gasteiger partial charge in [0.15, 0.2) is 11.5 Å². The van der Waals surface area contributed by atoms with Gasteiger partial charge in [0.1, 0.15) is 35.4 Å².